The number of hydrogen-bond acceptors (Lipinski definition) is 6. The van der Waals surface area contributed by atoms with Crippen molar-refractivity contribution in [3.63, 3.8) is 0 Å². The van der Waals surface area contributed by atoms with Crippen molar-refractivity contribution in [2.24, 2.45) is 0 Å². The maximum Gasteiger partial charge on any atom is 0.318 e. The number of aromatic nitrogens is 2. The summed E-state index contributed by atoms with van der Waals surface area (Å²) in [5.74, 6) is -0.681. The van der Waals surface area contributed by atoms with E-state index in [0.29, 0.717) is 16.4 Å². The lowest BCUT2D eigenvalue weighted by atomic mass is 10.2. The topological polar surface area (TPSA) is 122 Å². The second kappa shape index (κ2) is 7.24. The van der Waals surface area contributed by atoms with Gasteiger partial charge in [-0.1, -0.05) is 16.8 Å². The SMILES string of the molecule is O=C(O)CNS(=O)(=O)c1ccc(-c2nc(-c3ccc(Cl)cc3)no2)cc1. The van der Waals surface area contributed by atoms with Gasteiger partial charge in [-0.05, 0) is 48.5 Å². The van der Waals surface area contributed by atoms with Crippen LogP contribution < -0.4 is 4.72 Å². The molecule has 3 aromatic rings. The first-order chi connectivity index (χ1) is 12.3. The Hall–Kier alpha value is -2.75. The number of rotatable bonds is 6. The third-order valence-electron chi connectivity index (χ3n) is 3.35. The van der Waals surface area contributed by atoms with Crippen LogP contribution in [0.3, 0.4) is 0 Å². The Morgan fingerprint density at radius 2 is 1.69 bits per heavy atom. The summed E-state index contributed by atoms with van der Waals surface area (Å²) in [6.07, 6.45) is 0. The highest BCUT2D eigenvalue weighted by atomic mass is 35.5. The van der Waals surface area contributed by atoms with E-state index in [9.17, 15) is 13.2 Å². The van der Waals surface area contributed by atoms with E-state index in [4.69, 9.17) is 21.2 Å². The van der Waals surface area contributed by atoms with Crippen LogP contribution in [0.5, 0.6) is 0 Å². The number of aliphatic carboxylic acids is 1. The molecule has 10 heteroatoms. The van der Waals surface area contributed by atoms with E-state index in [1.165, 1.54) is 24.3 Å². The van der Waals surface area contributed by atoms with Gasteiger partial charge >= 0.3 is 5.97 Å². The van der Waals surface area contributed by atoms with E-state index < -0.39 is 22.5 Å². The molecule has 0 unspecified atom stereocenters. The summed E-state index contributed by atoms with van der Waals surface area (Å²) in [4.78, 5) is 14.7. The minimum Gasteiger partial charge on any atom is -0.480 e. The van der Waals surface area contributed by atoms with Crippen molar-refractivity contribution in [3.8, 4) is 22.8 Å². The molecule has 1 heterocycles. The van der Waals surface area contributed by atoms with Gasteiger partial charge in [0.1, 0.15) is 6.54 Å². The molecule has 2 aromatic carbocycles. The number of carboxylic acids is 1. The van der Waals surface area contributed by atoms with Gasteiger partial charge in [-0.25, -0.2) is 8.42 Å². The van der Waals surface area contributed by atoms with Gasteiger partial charge < -0.3 is 9.63 Å². The number of halogens is 1. The Kier molecular flexibility index (Phi) is 5.03. The van der Waals surface area contributed by atoms with E-state index in [1.54, 1.807) is 24.3 Å². The van der Waals surface area contributed by atoms with Crippen LogP contribution in [0, 0.1) is 0 Å². The normalized spacial score (nSPS) is 11.4. The van der Waals surface area contributed by atoms with Crippen molar-refractivity contribution in [1.29, 1.82) is 0 Å². The van der Waals surface area contributed by atoms with Gasteiger partial charge in [0.25, 0.3) is 5.89 Å². The number of benzene rings is 2. The van der Waals surface area contributed by atoms with Gasteiger partial charge in [-0.2, -0.15) is 9.71 Å². The fraction of sp³-hybridized carbons (Fsp3) is 0.0625. The van der Waals surface area contributed by atoms with E-state index in [0.717, 1.165) is 5.56 Å². The molecular weight excluding hydrogens is 382 g/mol. The summed E-state index contributed by atoms with van der Waals surface area (Å²) in [6, 6.07) is 12.6. The number of nitrogens with one attached hydrogen (secondary N) is 1. The molecule has 0 aliphatic heterocycles. The number of hydrogen-bond donors (Lipinski definition) is 2. The quantitative estimate of drug-likeness (QED) is 0.659. The number of sulfonamides is 1. The van der Waals surface area contributed by atoms with Crippen LogP contribution in [0.25, 0.3) is 22.8 Å². The lowest BCUT2D eigenvalue weighted by Crippen LogP contribution is -2.29. The van der Waals surface area contributed by atoms with Gasteiger partial charge in [0.2, 0.25) is 15.8 Å². The summed E-state index contributed by atoms with van der Waals surface area (Å²) in [7, 11) is -3.91. The fourth-order valence-corrected chi connectivity index (χ4v) is 3.17. The Morgan fingerprint density at radius 3 is 2.31 bits per heavy atom. The molecule has 0 spiro atoms. The molecule has 0 bridgehead atoms. The van der Waals surface area contributed by atoms with E-state index >= 15 is 0 Å². The Morgan fingerprint density at radius 1 is 1.08 bits per heavy atom. The van der Waals surface area contributed by atoms with Gasteiger partial charge in [0.15, 0.2) is 0 Å². The Labute approximate surface area is 153 Å². The molecule has 0 saturated carbocycles. The van der Waals surface area contributed by atoms with Crippen LogP contribution >= 0.6 is 11.6 Å². The molecule has 134 valence electrons. The minimum absolute atomic E-state index is 0.0695. The number of nitrogens with zero attached hydrogens (tertiary/aromatic N) is 2. The lowest BCUT2D eigenvalue weighted by Gasteiger charge is -2.04. The predicted molar refractivity (Wildman–Crippen MR) is 93.0 cm³/mol. The molecule has 1 aromatic heterocycles. The van der Waals surface area contributed by atoms with E-state index in [-0.39, 0.29) is 10.8 Å². The second-order valence-electron chi connectivity index (χ2n) is 5.17. The zero-order valence-electron chi connectivity index (χ0n) is 13.1. The van der Waals surface area contributed by atoms with Crippen LogP contribution in [0.2, 0.25) is 5.02 Å². The Balaban J connectivity index is 1.81. The average molecular weight is 394 g/mol. The van der Waals surface area contributed by atoms with Gasteiger partial charge in [-0.15, -0.1) is 0 Å². The fourth-order valence-electron chi connectivity index (χ4n) is 2.07. The zero-order valence-corrected chi connectivity index (χ0v) is 14.7. The summed E-state index contributed by atoms with van der Waals surface area (Å²) < 4.78 is 31.1. The molecule has 0 saturated heterocycles. The molecule has 26 heavy (non-hydrogen) atoms. The van der Waals surface area contributed by atoms with Gasteiger partial charge in [0.05, 0.1) is 4.90 Å². The van der Waals surface area contributed by atoms with Crippen LogP contribution in [0.1, 0.15) is 0 Å². The summed E-state index contributed by atoms with van der Waals surface area (Å²) in [6.45, 7) is -0.696. The third kappa shape index (κ3) is 4.07. The summed E-state index contributed by atoms with van der Waals surface area (Å²) in [5, 5.41) is 13.0. The van der Waals surface area contributed by atoms with Crippen LogP contribution in [0.4, 0.5) is 0 Å². The van der Waals surface area contributed by atoms with Crippen molar-refractivity contribution in [2.75, 3.05) is 6.54 Å². The van der Waals surface area contributed by atoms with Crippen molar-refractivity contribution in [1.82, 2.24) is 14.9 Å². The predicted octanol–water partition coefficient (Wildman–Crippen LogP) is 2.42. The summed E-state index contributed by atoms with van der Waals surface area (Å²) in [5.41, 5.74) is 1.25. The zero-order chi connectivity index (χ0) is 18.7. The van der Waals surface area contributed by atoms with E-state index in [1.807, 2.05) is 4.72 Å². The highest BCUT2D eigenvalue weighted by molar-refractivity contribution is 7.89. The molecule has 2 N–H and O–H groups in total. The molecule has 8 nitrogen and oxygen atoms in total. The average Bonchev–Trinajstić information content (AvgIpc) is 3.11. The monoisotopic (exact) mass is 393 g/mol. The van der Waals surface area contributed by atoms with Crippen molar-refractivity contribution in [2.45, 2.75) is 4.90 Å². The standard InChI is InChI=1S/C16H12ClN3O5S/c17-12-5-1-10(2-6-12)15-19-16(25-20-15)11-3-7-13(8-4-11)26(23,24)18-9-14(21)22/h1-8,18H,9H2,(H,21,22). The Bertz CT molecular complexity index is 1030. The maximum absolute atomic E-state index is 12.0. The molecule has 0 amide bonds. The first-order valence-corrected chi connectivity index (χ1v) is 9.13. The minimum atomic E-state index is -3.91. The van der Waals surface area contributed by atoms with Gasteiger partial charge in [0, 0.05) is 16.1 Å². The third-order valence-corrected chi connectivity index (χ3v) is 5.02. The molecule has 3 rings (SSSR count). The van der Waals surface area contributed by atoms with Crippen molar-refractivity contribution >= 4 is 27.6 Å². The first-order valence-electron chi connectivity index (χ1n) is 7.27. The molecule has 0 atom stereocenters. The first kappa shape index (κ1) is 18.1. The molecular formula is C16H12ClN3O5S. The van der Waals surface area contributed by atoms with E-state index in [2.05, 4.69) is 10.1 Å². The largest absolute Gasteiger partial charge is 0.480 e. The second-order valence-corrected chi connectivity index (χ2v) is 7.38. The number of carboxylic acid groups (broad SMARTS) is 1. The smallest absolute Gasteiger partial charge is 0.318 e. The van der Waals surface area contributed by atoms with Gasteiger partial charge in [-0.3, -0.25) is 4.79 Å². The van der Waals surface area contributed by atoms with Crippen LogP contribution in [-0.4, -0.2) is 36.2 Å². The van der Waals surface area contributed by atoms with Crippen LogP contribution in [0.15, 0.2) is 57.9 Å². The summed E-state index contributed by atoms with van der Waals surface area (Å²) >= 11 is 5.84. The highest BCUT2D eigenvalue weighted by Crippen LogP contribution is 2.24. The highest BCUT2D eigenvalue weighted by Gasteiger charge is 2.16. The lowest BCUT2D eigenvalue weighted by molar-refractivity contribution is -0.135. The maximum atomic E-state index is 12.0. The van der Waals surface area contributed by atoms with Crippen molar-refractivity contribution in [3.05, 3.63) is 53.6 Å². The van der Waals surface area contributed by atoms with Crippen molar-refractivity contribution < 1.29 is 22.8 Å². The molecule has 0 fully saturated rings. The molecule has 0 aliphatic carbocycles. The molecule has 0 aliphatic rings. The van der Waals surface area contributed by atoms with Crippen LogP contribution in [-0.2, 0) is 14.8 Å². The number of carbonyl (C=O) groups is 1. The molecule has 0 radical (unpaired) electrons.